The average Bonchev–Trinajstić information content (AvgIpc) is 3.77. The van der Waals surface area contributed by atoms with Crippen molar-refractivity contribution in [1.29, 1.82) is 0 Å². The van der Waals surface area contributed by atoms with Crippen LogP contribution in [0.25, 0.3) is 0 Å². The van der Waals surface area contributed by atoms with Gasteiger partial charge in [-0.1, -0.05) is 0 Å². The van der Waals surface area contributed by atoms with Crippen LogP contribution in [0.4, 0.5) is 0 Å². The van der Waals surface area contributed by atoms with Crippen LogP contribution < -0.4 is 0 Å². The predicted molar refractivity (Wildman–Crippen MR) is 218 cm³/mol. The third-order valence-corrected chi connectivity index (χ3v) is 9.59. The second-order valence-corrected chi connectivity index (χ2v) is 15.9. The third-order valence-electron chi connectivity index (χ3n) is 9.59. The maximum atomic E-state index is 13.0. The Morgan fingerprint density at radius 3 is 1.14 bits per heavy atom. The third kappa shape index (κ3) is 10.2. The van der Waals surface area contributed by atoms with E-state index in [0.717, 1.165) is 44.6 Å². The van der Waals surface area contributed by atoms with E-state index in [0.29, 0.717) is 47.1 Å². The van der Waals surface area contributed by atoms with Gasteiger partial charge in [0, 0.05) is 12.8 Å². The van der Waals surface area contributed by atoms with E-state index in [2.05, 4.69) is 9.98 Å². The zero-order valence-electron chi connectivity index (χ0n) is 35.2. The Bertz CT molecular complexity index is 1990. The lowest BCUT2D eigenvalue weighted by Crippen LogP contribution is -2.28. The highest BCUT2D eigenvalue weighted by atomic mass is 16.6. The van der Waals surface area contributed by atoms with Crippen LogP contribution in [0.1, 0.15) is 109 Å². The Morgan fingerprint density at radius 1 is 0.500 bits per heavy atom. The minimum Gasteiger partial charge on any atom is -0.469 e. The van der Waals surface area contributed by atoms with Crippen molar-refractivity contribution >= 4 is 46.7 Å². The first-order valence-corrected chi connectivity index (χ1v) is 18.6. The molecule has 12 nitrogen and oxygen atoms in total. The minimum atomic E-state index is -0.670. The van der Waals surface area contributed by atoms with Crippen LogP contribution in [0.2, 0.25) is 0 Å². The summed E-state index contributed by atoms with van der Waals surface area (Å²) in [7, 11) is 2.71. The molecule has 298 valence electrons. The van der Waals surface area contributed by atoms with E-state index in [1.165, 1.54) is 14.2 Å². The molecule has 0 fully saturated rings. The lowest BCUT2D eigenvalue weighted by Gasteiger charge is -2.19. The Labute approximate surface area is 330 Å². The van der Waals surface area contributed by atoms with Crippen molar-refractivity contribution in [2.45, 2.75) is 120 Å². The SMILES string of the molecule is COC(=O)CCC1=C(C)C(/C=C2\N=C(C(=O)OC(C)(C)C)C(C)=C2C)=NC/1=C/C=C1N=C(/C=C2\N=C(C(=O)OC(C)(C)C)C(C)=C2C)C(C)=C/1CCC(=O)OC. The highest BCUT2D eigenvalue weighted by Gasteiger charge is 2.31. The molecule has 56 heavy (non-hydrogen) atoms. The van der Waals surface area contributed by atoms with Crippen LogP contribution in [-0.2, 0) is 38.1 Å². The summed E-state index contributed by atoms with van der Waals surface area (Å²) < 4.78 is 21.1. The molecule has 4 aliphatic rings. The quantitative estimate of drug-likeness (QED) is 0.151. The van der Waals surface area contributed by atoms with Crippen molar-refractivity contribution in [3.63, 3.8) is 0 Å². The molecule has 0 radical (unpaired) electrons. The van der Waals surface area contributed by atoms with Crippen LogP contribution in [0, 0.1) is 0 Å². The molecule has 0 aromatic heterocycles. The normalized spacial score (nSPS) is 20.5. The fraction of sp³-hybridized carbons (Fsp3) is 0.455. The van der Waals surface area contributed by atoms with E-state index >= 15 is 0 Å². The van der Waals surface area contributed by atoms with Crippen molar-refractivity contribution < 1.29 is 38.1 Å². The van der Waals surface area contributed by atoms with Gasteiger partial charge in [0.1, 0.15) is 11.2 Å². The van der Waals surface area contributed by atoms with Gasteiger partial charge in [0.15, 0.2) is 11.4 Å². The van der Waals surface area contributed by atoms with E-state index in [1.807, 2.05) is 107 Å². The zero-order valence-corrected chi connectivity index (χ0v) is 35.2. The van der Waals surface area contributed by atoms with E-state index in [4.69, 9.17) is 28.9 Å². The van der Waals surface area contributed by atoms with Crippen LogP contribution >= 0.6 is 0 Å². The molecule has 0 aliphatic carbocycles. The minimum absolute atomic E-state index is 0.146. The lowest BCUT2D eigenvalue weighted by molar-refractivity contribution is -0.147. The number of hydrogen-bond acceptors (Lipinski definition) is 12. The fourth-order valence-corrected chi connectivity index (χ4v) is 6.17. The molecule has 0 saturated carbocycles. The summed E-state index contributed by atoms with van der Waals surface area (Å²) in [4.78, 5) is 69.7. The number of esters is 4. The van der Waals surface area contributed by atoms with E-state index in [9.17, 15) is 19.2 Å². The van der Waals surface area contributed by atoms with Gasteiger partial charge in [-0.25, -0.2) is 29.6 Å². The number of nitrogens with zero attached hydrogens (tertiary/aromatic N) is 4. The number of aliphatic imine (C=N–C) groups is 4. The van der Waals surface area contributed by atoms with Crippen molar-refractivity contribution in [2.75, 3.05) is 14.2 Å². The van der Waals surface area contributed by atoms with Crippen LogP contribution in [0.5, 0.6) is 0 Å². The van der Waals surface area contributed by atoms with Crippen LogP contribution in [-0.4, -0.2) is 72.1 Å². The Hall–Kier alpha value is -5.52. The Morgan fingerprint density at radius 2 is 0.839 bits per heavy atom. The van der Waals surface area contributed by atoms with Gasteiger partial charge in [0.25, 0.3) is 0 Å². The number of methoxy groups -OCH3 is 2. The highest BCUT2D eigenvalue weighted by Crippen LogP contribution is 2.36. The summed E-state index contributed by atoms with van der Waals surface area (Å²) >= 11 is 0. The largest absolute Gasteiger partial charge is 0.469 e. The van der Waals surface area contributed by atoms with Crippen LogP contribution in [0.15, 0.2) is 112 Å². The fourth-order valence-electron chi connectivity index (χ4n) is 6.17. The molecule has 4 heterocycles. The molecule has 0 amide bonds. The number of carbonyl (C=O) groups is 4. The number of carbonyl (C=O) groups excluding carboxylic acids is 4. The van der Waals surface area contributed by atoms with Gasteiger partial charge < -0.3 is 18.9 Å². The first kappa shape index (κ1) is 43.2. The van der Waals surface area contributed by atoms with E-state index < -0.39 is 23.1 Å². The smallest absolute Gasteiger partial charge is 0.357 e. The summed E-state index contributed by atoms with van der Waals surface area (Å²) in [5.74, 6) is -1.69. The molecule has 4 rings (SSSR count). The Balaban J connectivity index is 1.80. The molecule has 0 unspecified atom stereocenters. The van der Waals surface area contributed by atoms with E-state index in [1.54, 1.807) is 0 Å². The molecule has 0 spiro atoms. The molecule has 0 atom stereocenters. The van der Waals surface area contributed by atoms with Gasteiger partial charge in [-0.3, -0.25) is 9.59 Å². The topological polar surface area (TPSA) is 155 Å². The predicted octanol–water partition coefficient (Wildman–Crippen LogP) is 8.24. The standard InChI is InChI=1S/C44H54N4O8/c1-23-25(3)39(41(51)55-43(7,8)9)47-33(23)21-35-27(5)29(15-19-37(49)53-13)31(45-35)17-18-32-30(16-20-38(50)54-14)28(6)36(46-32)22-34-24(2)26(4)40(48-34)42(52)56-44(10,11)12/h17-18,21-22H,15-16,19-20H2,1-14H3/b31-17+,32-18+,33-21-,34-22-. The summed E-state index contributed by atoms with van der Waals surface area (Å²) in [6, 6.07) is 0. The highest BCUT2D eigenvalue weighted by molar-refractivity contribution is 6.45. The summed E-state index contributed by atoms with van der Waals surface area (Å²) in [6.07, 6.45) is 8.42. The number of ether oxygens (including phenoxy) is 4. The van der Waals surface area contributed by atoms with Gasteiger partial charge in [0.05, 0.1) is 48.4 Å². The number of hydrogen-bond donors (Lipinski definition) is 0. The molecule has 4 aliphatic heterocycles. The molecular weight excluding hydrogens is 713 g/mol. The van der Waals surface area contributed by atoms with Gasteiger partial charge in [-0.2, -0.15) is 0 Å². The van der Waals surface area contributed by atoms with Gasteiger partial charge in [-0.05, 0) is 165 Å². The van der Waals surface area contributed by atoms with Gasteiger partial charge in [0.2, 0.25) is 0 Å². The maximum absolute atomic E-state index is 13.0. The van der Waals surface area contributed by atoms with Crippen molar-refractivity contribution in [3.05, 3.63) is 91.7 Å². The van der Waals surface area contributed by atoms with Gasteiger partial charge in [-0.15, -0.1) is 0 Å². The number of rotatable bonds is 11. The molecule has 12 heteroatoms. The summed E-state index contributed by atoms with van der Waals surface area (Å²) in [5.41, 5.74) is 9.43. The maximum Gasteiger partial charge on any atom is 0.357 e. The molecular formula is C44H54N4O8. The average molecular weight is 767 g/mol. The molecule has 0 saturated heterocycles. The van der Waals surface area contributed by atoms with Crippen molar-refractivity contribution in [1.82, 2.24) is 0 Å². The van der Waals surface area contributed by atoms with Gasteiger partial charge >= 0.3 is 23.9 Å². The van der Waals surface area contributed by atoms with Crippen LogP contribution in [0.3, 0.4) is 0 Å². The summed E-state index contributed by atoms with van der Waals surface area (Å²) in [6.45, 7) is 22.2. The van der Waals surface area contributed by atoms with Crippen molar-refractivity contribution in [3.8, 4) is 0 Å². The molecule has 0 bridgehead atoms. The molecule has 0 aromatic rings. The second-order valence-electron chi connectivity index (χ2n) is 15.9. The summed E-state index contributed by atoms with van der Waals surface area (Å²) in [5, 5.41) is 0. The first-order chi connectivity index (χ1) is 26.0. The van der Waals surface area contributed by atoms with E-state index in [-0.39, 0.29) is 36.2 Å². The zero-order chi connectivity index (χ0) is 41.9. The Kier molecular flexibility index (Phi) is 13.2. The first-order valence-electron chi connectivity index (χ1n) is 18.6. The number of allylic oxidation sites excluding steroid dienone is 10. The second kappa shape index (κ2) is 17.1. The molecule has 0 N–H and O–H groups in total. The molecule has 0 aromatic carbocycles. The lowest BCUT2D eigenvalue weighted by atomic mass is 9.98. The van der Waals surface area contributed by atoms with Crippen molar-refractivity contribution in [2.24, 2.45) is 20.0 Å². The monoisotopic (exact) mass is 766 g/mol.